The van der Waals surface area contributed by atoms with E-state index in [-0.39, 0.29) is 17.5 Å². The van der Waals surface area contributed by atoms with Gasteiger partial charge in [-0.2, -0.15) is 0 Å². The van der Waals surface area contributed by atoms with Crippen LogP contribution in [-0.4, -0.2) is 22.3 Å². The highest BCUT2D eigenvalue weighted by molar-refractivity contribution is 5.91. The molecule has 0 unspecified atom stereocenters. The van der Waals surface area contributed by atoms with Gasteiger partial charge in [0.2, 0.25) is 0 Å². The molecule has 1 amide bonds. The molecule has 0 heterocycles. The van der Waals surface area contributed by atoms with Gasteiger partial charge in [0.25, 0.3) is 0 Å². The van der Waals surface area contributed by atoms with Gasteiger partial charge in [-0.25, -0.2) is 4.79 Å². The van der Waals surface area contributed by atoms with E-state index in [1.54, 1.807) is 30.3 Å². The van der Waals surface area contributed by atoms with Crippen LogP contribution in [-0.2, 0) is 0 Å². The Labute approximate surface area is 141 Å². The minimum atomic E-state index is -0.519. The molecule has 24 heavy (non-hydrogen) atoms. The van der Waals surface area contributed by atoms with Crippen LogP contribution in [0.5, 0.6) is 17.2 Å². The Morgan fingerprint density at radius 2 is 1.71 bits per heavy atom. The van der Waals surface area contributed by atoms with E-state index in [0.717, 1.165) is 32.1 Å². The number of amides is 1. The molecule has 5 heteroatoms. The van der Waals surface area contributed by atoms with Crippen molar-refractivity contribution in [1.29, 1.82) is 0 Å². The maximum atomic E-state index is 12.8. The predicted octanol–water partition coefficient (Wildman–Crippen LogP) is 4.44. The van der Waals surface area contributed by atoms with Crippen LogP contribution in [0.2, 0.25) is 0 Å². The Morgan fingerprint density at radius 1 is 1.00 bits per heavy atom. The number of carbonyl (C=O) groups excluding carboxylic acids is 1. The van der Waals surface area contributed by atoms with Crippen LogP contribution in [0.3, 0.4) is 0 Å². The number of phenolic OH excluding ortho intramolecular Hbond substituents is 2. The number of benzene rings is 2. The largest absolute Gasteiger partial charge is 0.508 e. The van der Waals surface area contributed by atoms with Crippen molar-refractivity contribution < 1.29 is 19.7 Å². The standard InChI is InChI=1S/C19H21NO4/c21-15-11-12-17(18(22)13-15)20(14-7-3-1-4-8-14)19(23)24-16-9-5-2-6-10-16/h2,5-6,9-14,21-22H,1,3-4,7-8H2. The quantitative estimate of drug-likeness (QED) is 0.874. The molecule has 1 aliphatic carbocycles. The maximum Gasteiger partial charge on any atom is 0.420 e. The fourth-order valence-corrected chi connectivity index (χ4v) is 3.14. The first-order chi connectivity index (χ1) is 11.6. The number of rotatable bonds is 3. The zero-order valence-electron chi connectivity index (χ0n) is 13.4. The van der Waals surface area contributed by atoms with E-state index in [4.69, 9.17) is 4.74 Å². The number of hydrogen-bond donors (Lipinski definition) is 2. The molecule has 2 aromatic carbocycles. The maximum absolute atomic E-state index is 12.8. The minimum absolute atomic E-state index is 0.0228. The molecule has 1 fully saturated rings. The highest BCUT2D eigenvalue weighted by Gasteiger charge is 2.30. The summed E-state index contributed by atoms with van der Waals surface area (Å²) in [5.74, 6) is 0.281. The number of carbonyl (C=O) groups is 1. The summed E-state index contributed by atoms with van der Waals surface area (Å²) < 4.78 is 5.48. The molecule has 1 saturated carbocycles. The van der Waals surface area contributed by atoms with Crippen molar-refractivity contribution in [1.82, 2.24) is 0 Å². The third-order valence-corrected chi connectivity index (χ3v) is 4.30. The molecule has 0 spiro atoms. The van der Waals surface area contributed by atoms with Gasteiger partial charge in [-0.3, -0.25) is 4.90 Å². The number of ether oxygens (including phenoxy) is 1. The molecule has 2 aromatic rings. The summed E-state index contributed by atoms with van der Waals surface area (Å²) in [6.45, 7) is 0. The van der Waals surface area contributed by atoms with Gasteiger partial charge in [-0.1, -0.05) is 37.5 Å². The lowest BCUT2D eigenvalue weighted by atomic mass is 9.94. The van der Waals surface area contributed by atoms with Crippen LogP contribution in [0.1, 0.15) is 32.1 Å². The molecule has 0 aliphatic heterocycles. The highest BCUT2D eigenvalue weighted by atomic mass is 16.6. The first kappa shape index (κ1) is 16.2. The van der Waals surface area contributed by atoms with Gasteiger partial charge < -0.3 is 14.9 Å². The lowest BCUT2D eigenvalue weighted by Gasteiger charge is -2.33. The minimum Gasteiger partial charge on any atom is -0.508 e. The topological polar surface area (TPSA) is 70.0 Å². The molecule has 0 bridgehead atoms. The van der Waals surface area contributed by atoms with Crippen molar-refractivity contribution in [3.8, 4) is 17.2 Å². The van der Waals surface area contributed by atoms with Crippen molar-refractivity contribution in [3.05, 3.63) is 48.5 Å². The second-order valence-corrected chi connectivity index (χ2v) is 6.02. The molecule has 3 rings (SSSR count). The van der Waals surface area contributed by atoms with Gasteiger partial charge in [-0.05, 0) is 37.1 Å². The molecular formula is C19H21NO4. The first-order valence-corrected chi connectivity index (χ1v) is 8.23. The van der Waals surface area contributed by atoms with E-state index >= 15 is 0 Å². The normalized spacial score (nSPS) is 15.0. The predicted molar refractivity (Wildman–Crippen MR) is 91.6 cm³/mol. The molecule has 126 valence electrons. The van der Waals surface area contributed by atoms with E-state index in [1.807, 2.05) is 6.07 Å². The molecular weight excluding hydrogens is 306 g/mol. The van der Waals surface area contributed by atoms with Gasteiger partial charge in [0, 0.05) is 12.1 Å². The smallest absolute Gasteiger partial charge is 0.420 e. The fraction of sp³-hybridized carbons (Fsp3) is 0.316. The molecule has 0 saturated heterocycles. The van der Waals surface area contributed by atoms with E-state index in [2.05, 4.69) is 0 Å². The van der Waals surface area contributed by atoms with Gasteiger partial charge in [-0.15, -0.1) is 0 Å². The van der Waals surface area contributed by atoms with E-state index in [9.17, 15) is 15.0 Å². The summed E-state index contributed by atoms with van der Waals surface area (Å²) in [4.78, 5) is 14.3. The second kappa shape index (κ2) is 7.25. The molecule has 0 radical (unpaired) electrons. The Bertz CT molecular complexity index is 696. The van der Waals surface area contributed by atoms with Crippen LogP contribution < -0.4 is 9.64 Å². The van der Waals surface area contributed by atoms with Gasteiger partial charge in [0.15, 0.2) is 0 Å². The summed E-state index contributed by atoms with van der Waals surface area (Å²) in [6.07, 6.45) is 4.44. The van der Waals surface area contributed by atoms with Crippen LogP contribution in [0, 0.1) is 0 Å². The highest BCUT2D eigenvalue weighted by Crippen LogP contribution is 2.36. The lowest BCUT2D eigenvalue weighted by molar-refractivity contribution is 0.202. The monoisotopic (exact) mass is 327 g/mol. The summed E-state index contributed by atoms with van der Waals surface area (Å²) in [5, 5.41) is 19.7. The van der Waals surface area contributed by atoms with Crippen molar-refractivity contribution in [2.75, 3.05) is 4.90 Å². The molecule has 0 atom stereocenters. The number of anilines is 1. The Morgan fingerprint density at radius 3 is 2.38 bits per heavy atom. The molecule has 2 N–H and O–H groups in total. The van der Waals surface area contributed by atoms with Crippen LogP contribution in [0.4, 0.5) is 10.5 Å². The molecule has 0 aromatic heterocycles. The number of para-hydroxylation sites is 1. The first-order valence-electron chi connectivity index (χ1n) is 8.23. The summed E-state index contributed by atoms with van der Waals surface area (Å²) >= 11 is 0. The lowest BCUT2D eigenvalue weighted by Crippen LogP contribution is -2.43. The van der Waals surface area contributed by atoms with Gasteiger partial charge >= 0.3 is 6.09 Å². The summed E-state index contributed by atoms with van der Waals surface area (Å²) in [5.41, 5.74) is 0.362. The molecule has 5 nitrogen and oxygen atoms in total. The third kappa shape index (κ3) is 3.62. The average molecular weight is 327 g/mol. The Hall–Kier alpha value is -2.69. The van der Waals surface area contributed by atoms with Crippen LogP contribution in [0.15, 0.2) is 48.5 Å². The van der Waals surface area contributed by atoms with Crippen molar-refractivity contribution >= 4 is 11.8 Å². The number of phenols is 2. The summed E-state index contributed by atoms with van der Waals surface area (Å²) in [6, 6.07) is 13.1. The van der Waals surface area contributed by atoms with Crippen LogP contribution >= 0.6 is 0 Å². The van der Waals surface area contributed by atoms with Crippen molar-refractivity contribution in [2.24, 2.45) is 0 Å². The van der Waals surface area contributed by atoms with E-state index in [0.29, 0.717) is 11.4 Å². The van der Waals surface area contributed by atoms with Crippen molar-refractivity contribution in [3.63, 3.8) is 0 Å². The van der Waals surface area contributed by atoms with Gasteiger partial charge in [0.1, 0.15) is 17.2 Å². The van der Waals surface area contributed by atoms with E-state index < -0.39 is 6.09 Å². The number of hydrogen-bond acceptors (Lipinski definition) is 4. The second-order valence-electron chi connectivity index (χ2n) is 6.02. The number of nitrogens with zero attached hydrogens (tertiary/aromatic N) is 1. The van der Waals surface area contributed by atoms with Gasteiger partial charge in [0.05, 0.1) is 5.69 Å². The average Bonchev–Trinajstić information content (AvgIpc) is 2.59. The van der Waals surface area contributed by atoms with Crippen LogP contribution in [0.25, 0.3) is 0 Å². The molecule has 1 aliphatic rings. The zero-order chi connectivity index (χ0) is 16.9. The van der Waals surface area contributed by atoms with Crippen molar-refractivity contribution in [2.45, 2.75) is 38.1 Å². The fourth-order valence-electron chi connectivity index (χ4n) is 3.14. The SMILES string of the molecule is O=C(Oc1ccccc1)N(c1ccc(O)cc1O)C1CCCCC1. The third-order valence-electron chi connectivity index (χ3n) is 4.30. The summed E-state index contributed by atoms with van der Waals surface area (Å²) in [7, 11) is 0. The Kier molecular flexibility index (Phi) is 4.89. The Balaban J connectivity index is 1.90. The zero-order valence-corrected chi connectivity index (χ0v) is 13.4. The van der Waals surface area contributed by atoms with E-state index in [1.165, 1.54) is 17.0 Å². The number of aromatic hydroxyl groups is 2.